The van der Waals surface area contributed by atoms with Gasteiger partial charge in [0.2, 0.25) is 0 Å². The first-order valence-electron chi connectivity index (χ1n) is 24.2. The van der Waals surface area contributed by atoms with Crippen LogP contribution in [0.3, 0.4) is 0 Å². The normalized spacial score (nSPS) is 13.0. The first kappa shape index (κ1) is 38.9. The van der Waals surface area contributed by atoms with Crippen LogP contribution in [-0.4, -0.2) is 4.57 Å². The van der Waals surface area contributed by atoms with Crippen LogP contribution < -0.4 is 4.90 Å². The summed E-state index contributed by atoms with van der Waals surface area (Å²) in [6, 6.07) is 93.5. The van der Waals surface area contributed by atoms with Gasteiger partial charge in [0.1, 0.15) is 11.2 Å². The molecule has 0 bridgehead atoms. The predicted octanol–water partition coefficient (Wildman–Crippen LogP) is 17.8. The minimum absolute atomic E-state index is 0.460. The monoisotopic (exact) mass is 890 g/mol. The van der Waals surface area contributed by atoms with Crippen LogP contribution in [-0.2, 0) is 5.41 Å². The fourth-order valence-corrected chi connectivity index (χ4v) is 12.4. The van der Waals surface area contributed by atoms with Gasteiger partial charge >= 0.3 is 0 Å². The van der Waals surface area contributed by atoms with Gasteiger partial charge < -0.3 is 13.9 Å². The van der Waals surface area contributed by atoms with Crippen molar-refractivity contribution < 1.29 is 4.42 Å². The molecule has 0 fully saturated rings. The lowest BCUT2D eigenvalue weighted by molar-refractivity contribution is 0.669. The van der Waals surface area contributed by atoms with E-state index >= 15 is 0 Å². The Labute approximate surface area is 405 Å². The van der Waals surface area contributed by atoms with E-state index in [-0.39, 0.29) is 0 Å². The largest absolute Gasteiger partial charge is 0.456 e. The molecule has 11 aromatic carbocycles. The lowest BCUT2D eigenvalue weighted by Crippen LogP contribution is -2.26. The fraction of sp³-hybridized carbons (Fsp3) is 0.0149. The smallest absolute Gasteiger partial charge is 0.136 e. The van der Waals surface area contributed by atoms with Crippen molar-refractivity contribution in [1.29, 1.82) is 0 Å². The molecular formula is C67H42N2O. The topological polar surface area (TPSA) is 21.3 Å². The number of rotatable bonds is 6. The SMILES string of the molecule is c1ccc(-n2c3ccccc3c3c(-c4ccc(N(c5ccc(-c6cccc7oc8ccccc8c67)cc5)c5cccc6c5-c5ccccc5C65c6ccccc6-c6ccccc65)cc4)cccc32)cc1. The van der Waals surface area contributed by atoms with E-state index in [9.17, 15) is 0 Å². The lowest BCUT2D eigenvalue weighted by Gasteiger charge is -2.32. The van der Waals surface area contributed by atoms with Crippen molar-refractivity contribution in [2.24, 2.45) is 0 Å². The van der Waals surface area contributed by atoms with Gasteiger partial charge in [-0.2, -0.15) is 0 Å². The average Bonchev–Trinajstić information content (AvgIpc) is 4.16. The molecule has 0 aliphatic heterocycles. The third kappa shape index (κ3) is 5.34. The molecule has 326 valence electrons. The van der Waals surface area contributed by atoms with Crippen molar-refractivity contribution in [3.63, 3.8) is 0 Å². The van der Waals surface area contributed by atoms with E-state index in [0.29, 0.717) is 0 Å². The van der Waals surface area contributed by atoms with E-state index in [1.807, 2.05) is 6.07 Å². The first-order chi connectivity index (χ1) is 34.8. The molecule has 3 heteroatoms. The van der Waals surface area contributed by atoms with E-state index in [0.717, 1.165) is 55.8 Å². The molecule has 0 N–H and O–H groups in total. The van der Waals surface area contributed by atoms with Gasteiger partial charge in [0.05, 0.1) is 22.1 Å². The van der Waals surface area contributed by atoms with Crippen LogP contribution in [0.5, 0.6) is 0 Å². The second-order valence-corrected chi connectivity index (χ2v) is 18.7. The predicted molar refractivity (Wildman–Crippen MR) is 290 cm³/mol. The van der Waals surface area contributed by atoms with Crippen LogP contribution in [0.25, 0.3) is 93.9 Å². The summed E-state index contributed by atoms with van der Waals surface area (Å²) < 4.78 is 8.74. The van der Waals surface area contributed by atoms with E-state index in [4.69, 9.17) is 4.42 Å². The van der Waals surface area contributed by atoms with Crippen molar-refractivity contribution in [2.75, 3.05) is 4.90 Å². The number of furan rings is 1. The van der Waals surface area contributed by atoms with Gasteiger partial charge in [0.25, 0.3) is 0 Å². The number of hydrogen-bond acceptors (Lipinski definition) is 2. The van der Waals surface area contributed by atoms with Gasteiger partial charge in [-0.3, -0.25) is 0 Å². The zero-order valence-corrected chi connectivity index (χ0v) is 38.1. The Morgan fingerprint density at radius 2 is 0.814 bits per heavy atom. The fourth-order valence-electron chi connectivity index (χ4n) is 12.4. The third-order valence-corrected chi connectivity index (χ3v) is 15.2. The van der Waals surface area contributed by atoms with Gasteiger partial charge in [-0.05, 0) is 128 Å². The van der Waals surface area contributed by atoms with Crippen molar-refractivity contribution in [3.05, 3.63) is 277 Å². The number of para-hydroxylation sites is 3. The summed E-state index contributed by atoms with van der Waals surface area (Å²) in [5, 5.41) is 4.76. The number of nitrogens with zero attached hydrogens (tertiary/aromatic N) is 2. The average molecular weight is 891 g/mol. The van der Waals surface area contributed by atoms with E-state index in [2.05, 4.69) is 258 Å². The summed E-state index contributed by atoms with van der Waals surface area (Å²) in [5.74, 6) is 0. The number of hydrogen-bond donors (Lipinski definition) is 0. The molecule has 3 nitrogen and oxygen atoms in total. The molecule has 2 heterocycles. The summed E-state index contributed by atoms with van der Waals surface area (Å²) in [4.78, 5) is 2.48. The lowest BCUT2D eigenvalue weighted by atomic mass is 9.70. The Morgan fingerprint density at radius 1 is 0.329 bits per heavy atom. The Morgan fingerprint density at radius 3 is 1.51 bits per heavy atom. The van der Waals surface area contributed by atoms with Crippen molar-refractivity contribution in [2.45, 2.75) is 5.41 Å². The maximum atomic E-state index is 6.35. The highest BCUT2D eigenvalue weighted by Gasteiger charge is 2.52. The Kier molecular flexibility index (Phi) is 8.28. The van der Waals surface area contributed by atoms with Gasteiger partial charge in [-0.15, -0.1) is 0 Å². The van der Waals surface area contributed by atoms with Gasteiger partial charge in [0.15, 0.2) is 0 Å². The van der Waals surface area contributed by atoms with Crippen molar-refractivity contribution in [1.82, 2.24) is 4.57 Å². The van der Waals surface area contributed by atoms with E-state index in [1.54, 1.807) is 0 Å². The van der Waals surface area contributed by atoms with E-state index in [1.165, 1.54) is 77.4 Å². The molecule has 2 aliphatic carbocycles. The van der Waals surface area contributed by atoms with Crippen LogP contribution in [0.1, 0.15) is 22.3 Å². The van der Waals surface area contributed by atoms with Gasteiger partial charge in [-0.25, -0.2) is 0 Å². The second-order valence-electron chi connectivity index (χ2n) is 18.7. The van der Waals surface area contributed by atoms with Crippen LogP contribution in [0, 0.1) is 0 Å². The first-order valence-corrected chi connectivity index (χ1v) is 24.2. The maximum Gasteiger partial charge on any atom is 0.136 e. The Balaban J connectivity index is 0.938. The molecule has 0 radical (unpaired) electrons. The zero-order chi connectivity index (χ0) is 45.9. The quantitative estimate of drug-likeness (QED) is 0.166. The zero-order valence-electron chi connectivity index (χ0n) is 38.1. The highest BCUT2D eigenvalue weighted by Crippen LogP contribution is 2.64. The molecule has 15 rings (SSSR count). The van der Waals surface area contributed by atoms with Crippen LogP contribution in [0.4, 0.5) is 17.1 Å². The molecule has 1 spiro atoms. The van der Waals surface area contributed by atoms with Crippen LogP contribution >= 0.6 is 0 Å². The molecule has 70 heavy (non-hydrogen) atoms. The number of fused-ring (bicyclic) bond motifs is 16. The van der Waals surface area contributed by atoms with Crippen LogP contribution in [0.15, 0.2) is 259 Å². The Bertz CT molecular complexity index is 4190. The number of benzene rings is 11. The molecule has 13 aromatic rings. The van der Waals surface area contributed by atoms with Crippen molar-refractivity contribution in [3.8, 4) is 50.2 Å². The highest BCUT2D eigenvalue weighted by molar-refractivity contribution is 6.16. The summed E-state index contributed by atoms with van der Waals surface area (Å²) in [7, 11) is 0. The van der Waals surface area contributed by atoms with Crippen molar-refractivity contribution >= 4 is 60.8 Å². The molecule has 0 atom stereocenters. The number of anilines is 3. The molecular weight excluding hydrogens is 849 g/mol. The third-order valence-electron chi connectivity index (χ3n) is 15.2. The minimum atomic E-state index is -0.460. The molecule has 0 saturated carbocycles. The molecule has 0 unspecified atom stereocenters. The second kappa shape index (κ2) is 14.9. The minimum Gasteiger partial charge on any atom is -0.456 e. The highest BCUT2D eigenvalue weighted by atomic mass is 16.3. The van der Waals surface area contributed by atoms with Gasteiger partial charge in [0, 0.05) is 44.2 Å². The molecule has 0 amide bonds. The molecule has 2 aliphatic rings. The summed E-state index contributed by atoms with van der Waals surface area (Å²) in [6.45, 7) is 0. The summed E-state index contributed by atoms with van der Waals surface area (Å²) >= 11 is 0. The summed E-state index contributed by atoms with van der Waals surface area (Å²) in [6.07, 6.45) is 0. The Hall–Kier alpha value is -9.18. The molecule has 0 saturated heterocycles. The molecule has 2 aromatic heterocycles. The maximum absolute atomic E-state index is 6.35. The summed E-state index contributed by atoms with van der Waals surface area (Å²) in [5.41, 5.74) is 23.3. The van der Waals surface area contributed by atoms with Gasteiger partial charge in [-0.1, -0.05) is 188 Å². The number of aromatic nitrogens is 1. The van der Waals surface area contributed by atoms with E-state index < -0.39 is 5.41 Å². The van der Waals surface area contributed by atoms with Crippen LogP contribution in [0.2, 0.25) is 0 Å². The standard InChI is InChI=1S/C67H42N2O/c1-2-17-45(18-3-1)69-59-30-12-7-22-53(59)64-48(24-14-31-60(64)69)43-35-39-46(40-36-43)68(47-41-37-44(38-42-47)49-25-15-34-63-65(49)54-23-8-13-33-62(54)70-63)61-32-16-29-58-66(61)52-21-6-11-28-57(52)67(58)55-26-9-4-19-50(55)51-20-5-10-27-56(51)67/h1-42H.